The second-order valence-corrected chi connectivity index (χ2v) is 8.24. The molecule has 0 radical (unpaired) electrons. The van der Waals surface area contributed by atoms with Crippen LogP contribution >= 0.6 is 46.1 Å². The van der Waals surface area contributed by atoms with E-state index in [1.807, 2.05) is 4.90 Å². The zero-order valence-corrected chi connectivity index (χ0v) is 17.4. The van der Waals surface area contributed by atoms with Gasteiger partial charge in [0.2, 0.25) is 5.91 Å². The summed E-state index contributed by atoms with van der Waals surface area (Å²) in [5.41, 5.74) is 1.22. The van der Waals surface area contributed by atoms with E-state index in [9.17, 15) is 9.59 Å². The summed E-state index contributed by atoms with van der Waals surface area (Å²) >= 11 is 19.5. The van der Waals surface area contributed by atoms with Crippen molar-refractivity contribution in [3.8, 4) is 5.75 Å². The van der Waals surface area contributed by atoms with Crippen LogP contribution in [0.15, 0.2) is 23.6 Å². The maximum atomic E-state index is 12.3. The van der Waals surface area contributed by atoms with Crippen molar-refractivity contribution in [1.29, 1.82) is 0 Å². The van der Waals surface area contributed by atoms with Crippen LogP contribution in [0, 0.1) is 0 Å². The molecule has 1 aliphatic rings. The maximum absolute atomic E-state index is 12.3. The molecule has 2 heterocycles. The standard InChI is InChI=1S/C18H17Cl3N2O3S/c19-12-7-14(21)15(8-13(12)20)26-10-17(24)22-4-1-18(25)23-5-2-16-11(9-23)3-6-27-16/h3,6-8H,1-2,4-5,9-10H2,(H,22,24). The second-order valence-electron chi connectivity index (χ2n) is 6.02. The average molecular weight is 448 g/mol. The molecule has 1 aliphatic heterocycles. The second kappa shape index (κ2) is 9.15. The van der Waals surface area contributed by atoms with Crippen LogP contribution in [0.25, 0.3) is 0 Å². The number of benzene rings is 1. The van der Waals surface area contributed by atoms with Crippen molar-refractivity contribution in [2.75, 3.05) is 19.7 Å². The minimum Gasteiger partial charge on any atom is -0.482 e. The molecular weight excluding hydrogens is 431 g/mol. The predicted octanol–water partition coefficient (Wildman–Crippen LogP) is 4.18. The number of nitrogens with zero attached hydrogens (tertiary/aromatic N) is 1. The summed E-state index contributed by atoms with van der Waals surface area (Å²) in [4.78, 5) is 27.4. The zero-order valence-electron chi connectivity index (χ0n) is 14.3. The van der Waals surface area contributed by atoms with Gasteiger partial charge in [-0.2, -0.15) is 0 Å². The summed E-state index contributed by atoms with van der Waals surface area (Å²) in [5.74, 6) is -0.0403. The molecule has 144 valence electrons. The van der Waals surface area contributed by atoms with Gasteiger partial charge in [0.1, 0.15) is 5.75 Å². The molecule has 1 aromatic heterocycles. The van der Waals surface area contributed by atoms with Crippen molar-refractivity contribution in [1.82, 2.24) is 10.2 Å². The smallest absolute Gasteiger partial charge is 0.257 e. The molecule has 0 unspecified atom stereocenters. The molecule has 1 N–H and O–H groups in total. The average Bonchev–Trinajstić information content (AvgIpc) is 3.11. The van der Waals surface area contributed by atoms with Crippen LogP contribution in [0.2, 0.25) is 15.1 Å². The molecule has 0 saturated heterocycles. The van der Waals surface area contributed by atoms with Crippen molar-refractivity contribution in [2.24, 2.45) is 0 Å². The number of nitrogens with one attached hydrogen (secondary N) is 1. The Morgan fingerprint density at radius 2 is 1.96 bits per heavy atom. The van der Waals surface area contributed by atoms with Gasteiger partial charge in [0.15, 0.2) is 6.61 Å². The van der Waals surface area contributed by atoms with Gasteiger partial charge < -0.3 is 15.0 Å². The molecule has 1 aromatic carbocycles. The lowest BCUT2D eigenvalue weighted by atomic mass is 10.1. The number of carbonyl (C=O) groups excluding carboxylic acids is 2. The van der Waals surface area contributed by atoms with E-state index in [1.54, 1.807) is 11.3 Å². The number of fused-ring (bicyclic) bond motifs is 1. The highest BCUT2D eigenvalue weighted by Crippen LogP contribution is 2.33. The summed E-state index contributed by atoms with van der Waals surface area (Å²) in [5, 5.41) is 5.59. The van der Waals surface area contributed by atoms with E-state index in [0.29, 0.717) is 11.6 Å². The Morgan fingerprint density at radius 1 is 1.19 bits per heavy atom. The molecule has 0 saturated carbocycles. The number of rotatable bonds is 6. The lowest BCUT2D eigenvalue weighted by Gasteiger charge is -2.27. The first kappa shape index (κ1) is 20.3. The molecule has 0 fully saturated rings. The normalized spacial score (nSPS) is 13.2. The highest BCUT2D eigenvalue weighted by Gasteiger charge is 2.21. The summed E-state index contributed by atoms with van der Waals surface area (Å²) in [6.07, 6.45) is 1.14. The highest BCUT2D eigenvalue weighted by atomic mass is 35.5. The van der Waals surface area contributed by atoms with Crippen LogP contribution in [0.5, 0.6) is 5.75 Å². The van der Waals surface area contributed by atoms with Crippen LogP contribution in [-0.2, 0) is 22.6 Å². The van der Waals surface area contributed by atoms with Crippen molar-refractivity contribution in [2.45, 2.75) is 19.4 Å². The van der Waals surface area contributed by atoms with Gasteiger partial charge >= 0.3 is 0 Å². The number of carbonyl (C=O) groups is 2. The Balaban J connectivity index is 1.40. The van der Waals surface area contributed by atoms with Crippen molar-refractivity contribution in [3.05, 3.63) is 49.1 Å². The van der Waals surface area contributed by atoms with Gasteiger partial charge in [0, 0.05) is 37.0 Å². The minimum atomic E-state index is -0.344. The molecule has 27 heavy (non-hydrogen) atoms. The van der Waals surface area contributed by atoms with Gasteiger partial charge in [-0.25, -0.2) is 0 Å². The van der Waals surface area contributed by atoms with E-state index >= 15 is 0 Å². The van der Waals surface area contributed by atoms with Crippen molar-refractivity contribution < 1.29 is 14.3 Å². The maximum Gasteiger partial charge on any atom is 0.257 e. The fourth-order valence-electron chi connectivity index (χ4n) is 2.74. The Kier molecular flexibility index (Phi) is 6.87. The van der Waals surface area contributed by atoms with Crippen LogP contribution in [-0.4, -0.2) is 36.4 Å². The molecule has 5 nitrogen and oxygen atoms in total. The molecule has 9 heteroatoms. The third kappa shape index (κ3) is 5.29. The molecule has 2 amide bonds. The first-order valence-corrected chi connectivity index (χ1v) is 10.3. The van der Waals surface area contributed by atoms with Gasteiger partial charge in [-0.05, 0) is 29.5 Å². The van der Waals surface area contributed by atoms with E-state index in [0.717, 1.165) is 13.0 Å². The number of hydrogen-bond acceptors (Lipinski definition) is 4. The number of thiophene rings is 1. The number of amides is 2. The van der Waals surface area contributed by atoms with Crippen LogP contribution in [0.3, 0.4) is 0 Å². The molecule has 0 atom stereocenters. The fraction of sp³-hybridized carbons (Fsp3) is 0.333. The number of hydrogen-bond donors (Lipinski definition) is 1. The monoisotopic (exact) mass is 446 g/mol. The van der Waals surface area contributed by atoms with E-state index < -0.39 is 0 Å². The third-order valence-corrected chi connectivity index (χ3v) is 6.20. The summed E-state index contributed by atoms with van der Waals surface area (Å²) < 4.78 is 5.36. The molecular formula is C18H17Cl3N2O3S. The van der Waals surface area contributed by atoms with Gasteiger partial charge in [-0.1, -0.05) is 34.8 Å². The third-order valence-electron chi connectivity index (χ3n) is 4.15. The van der Waals surface area contributed by atoms with Crippen molar-refractivity contribution in [3.63, 3.8) is 0 Å². The van der Waals surface area contributed by atoms with E-state index in [1.165, 1.54) is 22.6 Å². The summed E-state index contributed by atoms with van der Waals surface area (Å²) in [6, 6.07) is 4.97. The first-order chi connectivity index (χ1) is 12.9. The molecule has 2 aromatic rings. The van der Waals surface area contributed by atoms with Crippen LogP contribution in [0.4, 0.5) is 0 Å². The Hall–Kier alpha value is -1.47. The van der Waals surface area contributed by atoms with Crippen LogP contribution in [0.1, 0.15) is 16.9 Å². The Morgan fingerprint density at radius 3 is 2.78 bits per heavy atom. The summed E-state index contributed by atoms with van der Waals surface area (Å²) in [7, 11) is 0. The topological polar surface area (TPSA) is 58.6 Å². The summed E-state index contributed by atoms with van der Waals surface area (Å²) in [6.45, 7) is 1.39. The number of ether oxygens (including phenoxy) is 1. The Labute approximate surface area is 176 Å². The molecule has 0 bridgehead atoms. The quantitative estimate of drug-likeness (QED) is 0.676. The van der Waals surface area contributed by atoms with Gasteiger partial charge in [-0.3, -0.25) is 9.59 Å². The molecule has 0 spiro atoms. The first-order valence-electron chi connectivity index (χ1n) is 8.31. The highest BCUT2D eigenvalue weighted by molar-refractivity contribution is 7.10. The van der Waals surface area contributed by atoms with Gasteiger partial charge in [-0.15, -0.1) is 11.3 Å². The lowest BCUT2D eigenvalue weighted by Crippen LogP contribution is -2.38. The van der Waals surface area contributed by atoms with Crippen molar-refractivity contribution >= 4 is 58.0 Å². The SMILES string of the molecule is O=C(COc1cc(Cl)c(Cl)cc1Cl)NCCC(=O)N1CCc2sccc2C1. The zero-order chi connectivity index (χ0) is 19.4. The molecule has 3 rings (SSSR count). The van der Waals surface area contributed by atoms with Gasteiger partial charge in [0.25, 0.3) is 5.91 Å². The predicted molar refractivity (Wildman–Crippen MR) is 108 cm³/mol. The van der Waals surface area contributed by atoms with E-state index in [-0.39, 0.29) is 47.2 Å². The Bertz CT molecular complexity index is 856. The van der Waals surface area contributed by atoms with E-state index in [2.05, 4.69) is 16.8 Å². The fourth-order valence-corrected chi connectivity index (χ4v) is 4.22. The van der Waals surface area contributed by atoms with E-state index in [4.69, 9.17) is 39.5 Å². The molecule has 0 aliphatic carbocycles. The van der Waals surface area contributed by atoms with Gasteiger partial charge in [0.05, 0.1) is 15.1 Å². The lowest BCUT2D eigenvalue weighted by molar-refractivity contribution is -0.132. The number of halogens is 3. The minimum absolute atomic E-state index is 0.0283. The largest absolute Gasteiger partial charge is 0.482 e. The van der Waals surface area contributed by atoms with Crippen LogP contribution < -0.4 is 10.1 Å².